The van der Waals surface area contributed by atoms with Gasteiger partial charge in [-0.25, -0.2) is 0 Å². The molecule has 6 heteroatoms. The van der Waals surface area contributed by atoms with Gasteiger partial charge in [0, 0.05) is 7.05 Å². The molecule has 0 unspecified atom stereocenters. The van der Waals surface area contributed by atoms with E-state index in [1.165, 1.54) is 6.42 Å². The Morgan fingerprint density at radius 2 is 1.96 bits per heavy atom. The van der Waals surface area contributed by atoms with Crippen LogP contribution in [0.2, 0.25) is 0 Å². The lowest BCUT2D eigenvalue weighted by atomic mass is 9.68. The summed E-state index contributed by atoms with van der Waals surface area (Å²) in [5.41, 5.74) is 0.613. The Labute approximate surface area is 142 Å². The van der Waals surface area contributed by atoms with Gasteiger partial charge in [-0.1, -0.05) is 31.4 Å². The number of nitrogens with zero attached hydrogens (tertiary/aromatic N) is 3. The lowest BCUT2D eigenvalue weighted by Gasteiger charge is -2.36. The first kappa shape index (κ1) is 16.5. The first-order valence-corrected chi connectivity index (χ1v) is 8.41. The minimum absolute atomic E-state index is 0.0790. The minimum atomic E-state index is -0.455. The average molecular weight is 328 g/mol. The maximum atomic E-state index is 13.1. The number of rotatable bonds is 5. The van der Waals surface area contributed by atoms with Crippen molar-refractivity contribution in [3.05, 3.63) is 42.0 Å². The van der Waals surface area contributed by atoms with Crippen molar-refractivity contribution in [3.8, 4) is 5.75 Å². The van der Waals surface area contributed by atoms with Gasteiger partial charge >= 0.3 is 0 Å². The predicted molar refractivity (Wildman–Crippen MR) is 90.6 cm³/mol. The van der Waals surface area contributed by atoms with E-state index >= 15 is 0 Å². The fraction of sp³-hybridized carbons (Fsp3) is 0.500. The van der Waals surface area contributed by atoms with Crippen molar-refractivity contribution in [2.24, 2.45) is 7.05 Å². The molecule has 24 heavy (non-hydrogen) atoms. The zero-order valence-electron chi connectivity index (χ0n) is 14.3. The van der Waals surface area contributed by atoms with Crippen LogP contribution in [0.3, 0.4) is 0 Å². The normalized spacial score (nSPS) is 16.6. The molecule has 1 saturated carbocycles. The molecule has 6 nitrogen and oxygen atoms in total. The van der Waals surface area contributed by atoms with Gasteiger partial charge in [0.15, 0.2) is 5.82 Å². The smallest absolute Gasteiger partial charge is 0.231 e. The van der Waals surface area contributed by atoms with Crippen molar-refractivity contribution in [3.63, 3.8) is 0 Å². The van der Waals surface area contributed by atoms with E-state index in [0.717, 1.165) is 42.8 Å². The number of amides is 1. The van der Waals surface area contributed by atoms with Gasteiger partial charge in [0.05, 0.1) is 19.1 Å². The molecule has 0 aliphatic heterocycles. The number of methoxy groups -OCH3 is 1. The summed E-state index contributed by atoms with van der Waals surface area (Å²) < 4.78 is 7.06. The van der Waals surface area contributed by atoms with Gasteiger partial charge in [0.1, 0.15) is 12.1 Å². The van der Waals surface area contributed by atoms with Gasteiger partial charge < -0.3 is 14.6 Å². The van der Waals surface area contributed by atoms with Crippen LogP contribution in [0.4, 0.5) is 0 Å². The molecule has 0 atom stereocenters. The summed E-state index contributed by atoms with van der Waals surface area (Å²) in [6.45, 7) is 0.396. The molecule has 0 spiro atoms. The van der Waals surface area contributed by atoms with Crippen molar-refractivity contribution in [2.45, 2.75) is 44.1 Å². The average Bonchev–Trinajstić information content (AvgIpc) is 3.05. The molecule has 1 aromatic heterocycles. The predicted octanol–water partition coefficient (Wildman–Crippen LogP) is 2.34. The number of carbonyl (C=O) groups excluding carboxylic acids is 1. The molecule has 0 bridgehead atoms. The number of hydrogen-bond acceptors (Lipinski definition) is 4. The van der Waals surface area contributed by atoms with Gasteiger partial charge in [0.25, 0.3) is 0 Å². The minimum Gasteiger partial charge on any atom is -0.497 e. The van der Waals surface area contributed by atoms with E-state index < -0.39 is 5.41 Å². The Bertz CT molecular complexity index is 687. The summed E-state index contributed by atoms with van der Waals surface area (Å²) in [6, 6.07) is 7.90. The highest BCUT2D eigenvalue weighted by Gasteiger charge is 2.41. The van der Waals surface area contributed by atoms with E-state index in [1.807, 2.05) is 35.9 Å². The SMILES string of the molecule is COc1ccc(C2(C(=O)NCc3nncn3C)CCCCC2)cc1. The Kier molecular flexibility index (Phi) is 4.83. The van der Waals surface area contributed by atoms with Crippen LogP contribution in [0.15, 0.2) is 30.6 Å². The molecule has 1 N–H and O–H groups in total. The van der Waals surface area contributed by atoms with Crippen molar-refractivity contribution < 1.29 is 9.53 Å². The third kappa shape index (κ3) is 3.13. The molecule has 128 valence electrons. The van der Waals surface area contributed by atoms with Crippen LogP contribution in [0, 0.1) is 0 Å². The fourth-order valence-electron chi connectivity index (χ4n) is 3.51. The van der Waals surface area contributed by atoms with E-state index in [2.05, 4.69) is 15.5 Å². The van der Waals surface area contributed by atoms with E-state index in [1.54, 1.807) is 13.4 Å². The Hall–Kier alpha value is -2.37. The van der Waals surface area contributed by atoms with Crippen LogP contribution < -0.4 is 10.1 Å². The first-order chi connectivity index (χ1) is 11.7. The second-order valence-electron chi connectivity index (χ2n) is 6.41. The van der Waals surface area contributed by atoms with Crippen LogP contribution in [0.1, 0.15) is 43.5 Å². The van der Waals surface area contributed by atoms with Crippen molar-refractivity contribution in [1.82, 2.24) is 20.1 Å². The number of aryl methyl sites for hydroxylation is 1. The van der Waals surface area contributed by atoms with Gasteiger partial charge in [-0.15, -0.1) is 10.2 Å². The van der Waals surface area contributed by atoms with E-state index in [4.69, 9.17) is 4.74 Å². The molecule has 0 saturated heterocycles. The van der Waals surface area contributed by atoms with E-state index in [-0.39, 0.29) is 5.91 Å². The van der Waals surface area contributed by atoms with Crippen LogP contribution in [-0.4, -0.2) is 27.8 Å². The molecule has 3 rings (SSSR count). The van der Waals surface area contributed by atoms with E-state index in [0.29, 0.717) is 6.54 Å². The van der Waals surface area contributed by atoms with Crippen molar-refractivity contribution >= 4 is 5.91 Å². The largest absolute Gasteiger partial charge is 0.497 e. The van der Waals surface area contributed by atoms with Crippen LogP contribution in [0.5, 0.6) is 5.75 Å². The molecule has 1 amide bonds. The summed E-state index contributed by atoms with van der Waals surface area (Å²) in [5, 5.41) is 11.0. The number of ether oxygens (including phenoxy) is 1. The summed E-state index contributed by atoms with van der Waals surface area (Å²) in [6.07, 6.45) is 6.73. The van der Waals surface area contributed by atoms with Gasteiger partial charge in [-0.3, -0.25) is 4.79 Å². The molecule has 1 aromatic carbocycles. The van der Waals surface area contributed by atoms with Crippen molar-refractivity contribution in [1.29, 1.82) is 0 Å². The Morgan fingerprint density at radius 1 is 1.25 bits per heavy atom. The third-order valence-electron chi connectivity index (χ3n) is 5.00. The molecule has 0 radical (unpaired) electrons. The molecule has 1 aliphatic carbocycles. The second kappa shape index (κ2) is 7.03. The molecular formula is C18H24N4O2. The Morgan fingerprint density at radius 3 is 2.54 bits per heavy atom. The fourth-order valence-corrected chi connectivity index (χ4v) is 3.51. The molecule has 1 heterocycles. The van der Waals surface area contributed by atoms with Gasteiger partial charge in [-0.2, -0.15) is 0 Å². The van der Waals surface area contributed by atoms with Gasteiger partial charge in [0.2, 0.25) is 5.91 Å². The topological polar surface area (TPSA) is 69.0 Å². The van der Waals surface area contributed by atoms with E-state index in [9.17, 15) is 4.79 Å². The number of hydrogen-bond donors (Lipinski definition) is 1. The summed E-state index contributed by atoms with van der Waals surface area (Å²) in [4.78, 5) is 13.1. The summed E-state index contributed by atoms with van der Waals surface area (Å²) >= 11 is 0. The summed E-state index contributed by atoms with van der Waals surface area (Å²) in [7, 11) is 3.53. The second-order valence-corrected chi connectivity index (χ2v) is 6.41. The molecule has 2 aromatic rings. The summed E-state index contributed by atoms with van der Waals surface area (Å²) in [5.74, 6) is 1.64. The first-order valence-electron chi connectivity index (χ1n) is 8.41. The number of benzene rings is 1. The lowest BCUT2D eigenvalue weighted by Crippen LogP contribution is -2.45. The zero-order chi connectivity index (χ0) is 17.0. The monoisotopic (exact) mass is 328 g/mol. The van der Waals surface area contributed by atoms with Crippen LogP contribution >= 0.6 is 0 Å². The van der Waals surface area contributed by atoms with Gasteiger partial charge in [-0.05, 0) is 30.5 Å². The Balaban J connectivity index is 1.81. The lowest BCUT2D eigenvalue weighted by molar-refractivity contribution is -0.128. The highest BCUT2D eigenvalue weighted by atomic mass is 16.5. The van der Waals surface area contributed by atoms with Crippen LogP contribution in [0.25, 0.3) is 0 Å². The maximum absolute atomic E-state index is 13.1. The molecule has 1 aliphatic rings. The van der Waals surface area contributed by atoms with Crippen molar-refractivity contribution in [2.75, 3.05) is 7.11 Å². The number of carbonyl (C=O) groups is 1. The number of aromatic nitrogens is 3. The zero-order valence-corrected chi connectivity index (χ0v) is 14.3. The standard InChI is InChI=1S/C18H24N4O2/c1-22-13-20-21-16(22)12-19-17(23)18(10-4-3-5-11-18)14-6-8-15(24-2)9-7-14/h6-9,13H,3-5,10-12H2,1-2H3,(H,19,23). The quantitative estimate of drug-likeness (QED) is 0.915. The van der Waals surface area contributed by atoms with Crippen LogP contribution in [-0.2, 0) is 23.8 Å². The molecule has 1 fully saturated rings. The maximum Gasteiger partial charge on any atom is 0.231 e. The highest BCUT2D eigenvalue weighted by molar-refractivity contribution is 5.88. The molecular weight excluding hydrogens is 304 g/mol. The highest BCUT2D eigenvalue weighted by Crippen LogP contribution is 2.40. The number of nitrogens with one attached hydrogen (secondary N) is 1. The third-order valence-corrected chi connectivity index (χ3v) is 5.00.